The molecule has 4 heteroatoms. The van der Waals surface area contributed by atoms with Crippen molar-refractivity contribution in [2.45, 2.75) is 25.6 Å². The van der Waals surface area contributed by atoms with Gasteiger partial charge in [0.05, 0.1) is 18.4 Å². The molecule has 1 aliphatic heterocycles. The predicted molar refractivity (Wildman–Crippen MR) is 40.5 cm³/mol. The minimum atomic E-state index is -0.164. The zero-order chi connectivity index (χ0) is 8.27. The van der Waals surface area contributed by atoms with Gasteiger partial charge in [-0.1, -0.05) is 5.16 Å². The Hall–Kier alpha value is -0.610. The van der Waals surface area contributed by atoms with E-state index in [1.165, 1.54) is 0 Å². The summed E-state index contributed by atoms with van der Waals surface area (Å²) in [7, 11) is 1.62. The van der Waals surface area contributed by atoms with Gasteiger partial charge in [0.2, 0.25) is 0 Å². The molecule has 0 aromatic heterocycles. The molecule has 0 radical (unpaired) electrons. The van der Waals surface area contributed by atoms with Crippen LogP contribution in [0.1, 0.15) is 13.3 Å². The van der Waals surface area contributed by atoms with E-state index in [1.54, 1.807) is 7.11 Å². The molecule has 1 rings (SSSR count). The van der Waals surface area contributed by atoms with Gasteiger partial charge >= 0.3 is 0 Å². The van der Waals surface area contributed by atoms with Crippen LogP contribution in [0.15, 0.2) is 5.16 Å². The maximum Gasteiger partial charge on any atom is 0.155 e. The summed E-state index contributed by atoms with van der Waals surface area (Å²) in [5, 5.41) is 12.5. The van der Waals surface area contributed by atoms with Crippen LogP contribution in [-0.2, 0) is 9.57 Å². The Morgan fingerprint density at radius 3 is 3.09 bits per heavy atom. The summed E-state index contributed by atoms with van der Waals surface area (Å²) in [6, 6.07) is 0. The number of rotatable bonds is 3. The van der Waals surface area contributed by atoms with Crippen LogP contribution < -0.4 is 0 Å². The number of aliphatic hydroxyl groups is 1. The molecule has 0 fully saturated rings. The maximum atomic E-state index is 8.70. The van der Waals surface area contributed by atoms with Gasteiger partial charge in [0.15, 0.2) is 6.10 Å². The van der Waals surface area contributed by atoms with Crippen molar-refractivity contribution in [3.63, 3.8) is 0 Å². The van der Waals surface area contributed by atoms with Crippen LogP contribution in [0, 0.1) is 0 Å². The topological polar surface area (TPSA) is 51.0 Å². The lowest BCUT2D eigenvalue weighted by molar-refractivity contribution is 0.0389. The number of aliphatic hydroxyl groups excluding tert-OH is 1. The second-order valence-corrected chi connectivity index (χ2v) is 2.57. The molecule has 2 atom stereocenters. The second kappa shape index (κ2) is 3.69. The van der Waals surface area contributed by atoms with Crippen molar-refractivity contribution in [1.82, 2.24) is 0 Å². The van der Waals surface area contributed by atoms with E-state index in [0.29, 0.717) is 6.42 Å². The van der Waals surface area contributed by atoms with Crippen molar-refractivity contribution >= 4 is 5.71 Å². The van der Waals surface area contributed by atoms with Crippen LogP contribution in [0.2, 0.25) is 0 Å². The van der Waals surface area contributed by atoms with Gasteiger partial charge in [-0.25, -0.2) is 0 Å². The molecule has 0 saturated heterocycles. The maximum absolute atomic E-state index is 8.70. The molecule has 0 bridgehead atoms. The lowest BCUT2D eigenvalue weighted by Gasteiger charge is -2.06. The molecule has 1 heterocycles. The molecular weight excluding hydrogens is 146 g/mol. The molecular formula is C7H13NO3. The lowest BCUT2D eigenvalue weighted by Crippen LogP contribution is -2.20. The van der Waals surface area contributed by atoms with Crippen molar-refractivity contribution < 1.29 is 14.7 Å². The number of hydrogen-bond acceptors (Lipinski definition) is 4. The molecule has 0 amide bonds. The number of oxime groups is 1. The summed E-state index contributed by atoms with van der Waals surface area (Å²) < 4.78 is 5.03. The fourth-order valence-electron chi connectivity index (χ4n) is 0.924. The number of methoxy groups -OCH3 is 1. The molecule has 0 saturated carbocycles. The van der Waals surface area contributed by atoms with Crippen LogP contribution in [0.5, 0.6) is 0 Å². The van der Waals surface area contributed by atoms with Crippen molar-refractivity contribution in [2.24, 2.45) is 5.16 Å². The first kappa shape index (κ1) is 8.49. The smallest absolute Gasteiger partial charge is 0.155 e. The molecule has 64 valence electrons. The lowest BCUT2D eigenvalue weighted by atomic mass is 10.1. The van der Waals surface area contributed by atoms with Gasteiger partial charge in [-0.2, -0.15) is 0 Å². The van der Waals surface area contributed by atoms with Gasteiger partial charge in [-0.05, 0) is 6.92 Å². The van der Waals surface area contributed by atoms with Gasteiger partial charge in [0, 0.05) is 13.5 Å². The minimum absolute atomic E-state index is 0.00782. The molecule has 1 aliphatic rings. The van der Waals surface area contributed by atoms with E-state index in [4.69, 9.17) is 14.7 Å². The van der Waals surface area contributed by atoms with Gasteiger partial charge in [0.1, 0.15) is 0 Å². The fourth-order valence-corrected chi connectivity index (χ4v) is 0.924. The normalized spacial score (nSPS) is 26.1. The third-order valence-electron chi connectivity index (χ3n) is 1.78. The third kappa shape index (κ3) is 1.91. The number of nitrogens with zero attached hydrogens (tertiary/aromatic N) is 1. The van der Waals surface area contributed by atoms with Crippen LogP contribution >= 0.6 is 0 Å². The second-order valence-electron chi connectivity index (χ2n) is 2.57. The highest BCUT2D eigenvalue weighted by Gasteiger charge is 2.23. The average molecular weight is 159 g/mol. The highest BCUT2D eigenvalue weighted by molar-refractivity contribution is 5.89. The first-order chi connectivity index (χ1) is 5.27. The number of ether oxygens (including phenoxy) is 1. The highest BCUT2D eigenvalue weighted by Crippen LogP contribution is 2.13. The molecule has 4 nitrogen and oxygen atoms in total. The highest BCUT2D eigenvalue weighted by atomic mass is 16.7. The van der Waals surface area contributed by atoms with E-state index < -0.39 is 0 Å². The Kier molecular flexibility index (Phi) is 2.84. The first-order valence-electron chi connectivity index (χ1n) is 3.64. The van der Waals surface area contributed by atoms with Gasteiger partial charge < -0.3 is 14.7 Å². The molecule has 2 unspecified atom stereocenters. The summed E-state index contributed by atoms with van der Waals surface area (Å²) in [5.41, 5.74) is 0.867. The standard InChI is InChI=1S/C7H13NO3/c1-5(10-2)7-3-6(4-9)11-8-7/h5-6,9H,3-4H2,1-2H3. The Bertz CT molecular complexity index is 158. The zero-order valence-electron chi connectivity index (χ0n) is 6.78. The monoisotopic (exact) mass is 159 g/mol. The van der Waals surface area contributed by atoms with Gasteiger partial charge in [0.25, 0.3) is 0 Å². The quantitative estimate of drug-likeness (QED) is 0.638. The van der Waals surface area contributed by atoms with Gasteiger partial charge in [-0.15, -0.1) is 0 Å². The fraction of sp³-hybridized carbons (Fsp3) is 0.857. The van der Waals surface area contributed by atoms with Crippen LogP contribution in [0.25, 0.3) is 0 Å². The van der Waals surface area contributed by atoms with E-state index in [1.807, 2.05) is 6.92 Å². The van der Waals surface area contributed by atoms with E-state index in [9.17, 15) is 0 Å². The van der Waals surface area contributed by atoms with Crippen molar-refractivity contribution in [3.05, 3.63) is 0 Å². The zero-order valence-corrected chi connectivity index (χ0v) is 6.78. The summed E-state index contributed by atoms with van der Waals surface area (Å²) in [5.74, 6) is 0. The molecule has 0 aliphatic carbocycles. The summed E-state index contributed by atoms with van der Waals surface area (Å²) >= 11 is 0. The third-order valence-corrected chi connectivity index (χ3v) is 1.78. The predicted octanol–water partition coefficient (Wildman–Crippen LogP) is 0.158. The molecule has 11 heavy (non-hydrogen) atoms. The first-order valence-corrected chi connectivity index (χ1v) is 3.64. The molecule has 0 aromatic rings. The van der Waals surface area contributed by atoms with Crippen LogP contribution in [0.4, 0.5) is 0 Å². The largest absolute Gasteiger partial charge is 0.392 e. The molecule has 0 aromatic carbocycles. The Labute approximate surface area is 65.8 Å². The van der Waals surface area contributed by atoms with E-state index in [-0.39, 0.29) is 18.8 Å². The minimum Gasteiger partial charge on any atom is -0.392 e. The Balaban J connectivity index is 2.39. The van der Waals surface area contributed by atoms with Gasteiger partial charge in [-0.3, -0.25) is 0 Å². The molecule has 0 spiro atoms. The van der Waals surface area contributed by atoms with Crippen molar-refractivity contribution in [1.29, 1.82) is 0 Å². The van der Waals surface area contributed by atoms with Crippen LogP contribution in [0.3, 0.4) is 0 Å². The van der Waals surface area contributed by atoms with E-state index in [0.717, 1.165) is 5.71 Å². The van der Waals surface area contributed by atoms with E-state index >= 15 is 0 Å². The Morgan fingerprint density at radius 1 is 1.91 bits per heavy atom. The van der Waals surface area contributed by atoms with Crippen molar-refractivity contribution in [3.8, 4) is 0 Å². The van der Waals surface area contributed by atoms with Crippen LogP contribution in [-0.4, -0.2) is 36.7 Å². The SMILES string of the molecule is COC(C)C1=NOC(CO)C1. The summed E-state index contributed by atoms with van der Waals surface area (Å²) in [6.45, 7) is 1.92. The summed E-state index contributed by atoms with van der Waals surface area (Å²) in [6.07, 6.45) is 0.500. The Morgan fingerprint density at radius 2 is 2.64 bits per heavy atom. The molecule has 1 N–H and O–H groups in total. The number of hydrogen-bond donors (Lipinski definition) is 1. The summed E-state index contributed by atoms with van der Waals surface area (Å²) in [4.78, 5) is 4.90. The van der Waals surface area contributed by atoms with E-state index in [2.05, 4.69) is 5.16 Å². The van der Waals surface area contributed by atoms with Crippen molar-refractivity contribution in [2.75, 3.05) is 13.7 Å². The average Bonchev–Trinajstić information content (AvgIpc) is 2.50.